The third-order valence-electron chi connectivity index (χ3n) is 2.37. The Balaban J connectivity index is 2.32. The molecule has 0 bridgehead atoms. The van der Waals surface area contributed by atoms with Crippen molar-refractivity contribution >= 4 is 31.9 Å². The summed E-state index contributed by atoms with van der Waals surface area (Å²) in [4.78, 5) is 0. The fraction of sp³-hybridized carbons (Fsp3) is 0.0714. The molecule has 0 heterocycles. The van der Waals surface area contributed by atoms with Crippen molar-refractivity contribution in [2.45, 2.75) is 6.92 Å². The highest BCUT2D eigenvalue weighted by atomic mass is 79.9. The van der Waals surface area contributed by atoms with Crippen LogP contribution in [0.25, 0.3) is 0 Å². The second-order valence-electron chi connectivity index (χ2n) is 3.79. The molecule has 0 amide bonds. The van der Waals surface area contributed by atoms with E-state index in [4.69, 9.17) is 10.00 Å². The normalized spacial score (nSPS) is 9.89. The number of aryl methyl sites for hydroxylation is 1. The van der Waals surface area contributed by atoms with Crippen LogP contribution in [-0.2, 0) is 0 Å². The van der Waals surface area contributed by atoms with Gasteiger partial charge in [-0.25, -0.2) is 0 Å². The van der Waals surface area contributed by atoms with E-state index in [1.807, 2.05) is 25.1 Å². The molecule has 2 rings (SSSR count). The molecule has 2 aromatic rings. The Labute approximate surface area is 122 Å². The first-order chi connectivity index (χ1) is 8.60. The van der Waals surface area contributed by atoms with Gasteiger partial charge < -0.3 is 4.74 Å². The molecule has 18 heavy (non-hydrogen) atoms. The molecule has 2 aromatic carbocycles. The maximum absolute atomic E-state index is 8.80. The van der Waals surface area contributed by atoms with Crippen LogP contribution in [0.3, 0.4) is 0 Å². The summed E-state index contributed by atoms with van der Waals surface area (Å²) in [5.74, 6) is 1.42. The highest BCUT2D eigenvalue weighted by molar-refractivity contribution is 9.11. The molecule has 0 aromatic heterocycles. The van der Waals surface area contributed by atoms with Crippen LogP contribution in [0.15, 0.2) is 45.3 Å². The third-order valence-corrected chi connectivity index (χ3v) is 3.61. The average Bonchev–Trinajstić information content (AvgIpc) is 2.34. The van der Waals surface area contributed by atoms with Gasteiger partial charge in [-0.05, 0) is 74.7 Å². The number of benzene rings is 2. The van der Waals surface area contributed by atoms with Crippen LogP contribution < -0.4 is 4.74 Å². The van der Waals surface area contributed by atoms with Gasteiger partial charge in [-0.3, -0.25) is 0 Å². The van der Waals surface area contributed by atoms with Crippen molar-refractivity contribution in [2.75, 3.05) is 0 Å². The quantitative estimate of drug-likeness (QED) is 0.733. The first-order valence-corrected chi connectivity index (χ1v) is 6.82. The van der Waals surface area contributed by atoms with Crippen molar-refractivity contribution < 1.29 is 4.74 Å². The van der Waals surface area contributed by atoms with E-state index in [0.717, 1.165) is 20.3 Å². The molecule has 0 N–H and O–H groups in total. The largest absolute Gasteiger partial charge is 0.455 e. The number of rotatable bonds is 2. The van der Waals surface area contributed by atoms with Crippen LogP contribution in [-0.4, -0.2) is 0 Å². The van der Waals surface area contributed by atoms with Crippen LogP contribution >= 0.6 is 31.9 Å². The Morgan fingerprint density at radius 1 is 1.00 bits per heavy atom. The van der Waals surface area contributed by atoms with Gasteiger partial charge in [0.25, 0.3) is 0 Å². The maximum Gasteiger partial charge on any atom is 0.141 e. The highest BCUT2D eigenvalue weighted by Gasteiger charge is 2.07. The number of hydrogen-bond acceptors (Lipinski definition) is 2. The molecule has 0 radical (unpaired) electrons. The molecule has 0 aliphatic heterocycles. The fourth-order valence-electron chi connectivity index (χ4n) is 1.46. The molecule has 0 aliphatic carbocycles. The summed E-state index contributed by atoms with van der Waals surface area (Å²) >= 11 is 6.86. The third kappa shape index (κ3) is 2.92. The van der Waals surface area contributed by atoms with Gasteiger partial charge in [0.1, 0.15) is 11.5 Å². The van der Waals surface area contributed by atoms with Crippen molar-refractivity contribution in [1.82, 2.24) is 0 Å². The van der Waals surface area contributed by atoms with Crippen molar-refractivity contribution in [3.63, 3.8) is 0 Å². The number of hydrogen-bond donors (Lipinski definition) is 0. The van der Waals surface area contributed by atoms with E-state index >= 15 is 0 Å². The fourth-order valence-corrected chi connectivity index (χ4v) is 2.49. The van der Waals surface area contributed by atoms with Crippen LogP contribution in [0.5, 0.6) is 11.5 Å². The zero-order valence-electron chi connectivity index (χ0n) is 9.58. The highest BCUT2D eigenvalue weighted by Crippen LogP contribution is 2.34. The molecule has 0 spiro atoms. The standard InChI is InChI=1S/C14H9Br2NO/c1-9-2-4-13(11(15)6-9)18-14-5-3-10(8-17)7-12(14)16/h2-7H,1H3. The lowest BCUT2D eigenvalue weighted by Crippen LogP contribution is -1.88. The van der Waals surface area contributed by atoms with Gasteiger partial charge >= 0.3 is 0 Å². The summed E-state index contributed by atoms with van der Waals surface area (Å²) in [7, 11) is 0. The predicted molar refractivity (Wildman–Crippen MR) is 77.8 cm³/mol. The molecule has 0 aliphatic rings. The van der Waals surface area contributed by atoms with E-state index in [1.165, 1.54) is 0 Å². The summed E-state index contributed by atoms with van der Waals surface area (Å²) in [6, 6.07) is 13.2. The van der Waals surface area contributed by atoms with Gasteiger partial charge in [-0.2, -0.15) is 5.26 Å². The van der Waals surface area contributed by atoms with Crippen LogP contribution in [0.2, 0.25) is 0 Å². The van der Waals surface area contributed by atoms with Crippen molar-refractivity contribution in [2.24, 2.45) is 0 Å². The van der Waals surface area contributed by atoms with Crippen LogP contribution in [0.1, 0.15) is 11.1 Å². The zero-order chi connectivity index (χ0) is 13.1. The maximum atomic E-state index is 8.80. The average molecular weight is 367 g/mol. The first-order valence-electron chi connectivity index (χ1n) is 5.24. The minimum absolute atomic E-state index is 0.595. The Morgan fingerprint density at radius 2 is 1.61 bits per heavy atom. The van der Waals surface area contributed by atoms with E-state index in [2.05, 4.69) is 37.9 Å². The van der Waals surface area contributed by atoms with Crippen LogP contribution in [0.4, 0.5) is 0 Å². The molecule has 0 unspecified atom stereocenters. The first kappa shape index (κ1) is 13.1. The summed E-state index contributed by atoms with van der Waals surface area (Å²) in [6.07, 6.45) is 0. The minimum atomic E-state index is 0.595. The number of ether oxygens (including phenoxy) is 1. The summed E-state index contributed by atoms with van der Waals surface area (Å²) in [6.45, 7) is 2.02. The van der Waals surface area contributed by atoms with Crippen molar-refractivity contribution in [3.05, 3.63) is 56.5 Å². The molecule has 4 heteroatoms. The van der Waals surface area contributed by atoms with Gasteiger partial charge in [0.15, 0.2) is 0 Å². The molecule has 90 valence electrons. The second kappa shape index (κ2) is 5.55. The topological polar surface area (TPSA) is 33.0 Å². The SMILES string of the molecule is Cc1ccc(Oc2ccc(C#N)cc2Br)c(Br)c1. The van der Waals surface area contributed by atoms with Gasteiger partial charge in [-0.1, -0.05) is 6.07 Å². The smallest absolute Gasteiger partial charge is 0.141 e. The van der Waals surface area contributed by atoms with E-state index < -0.39 is 0 Å². The molecular weight excluding hydrogens is 358 g/mol. The Kier molecular flexibility index (Phi) is 4.05. The monoisotopic (exact) mass is 365 g/mol. The molecular formula is C14H9Br2NO. The van der Waals surface area contributed by atoms with Gasteiger partial charge in [0, 0.05) is 0 Å². The Hall–Kier alpha value is -1.31. The molecule has 0 saturated heterocycles. The van der Waals surface area contributed by atoms with Crippen LogP contribution in [0, 0.1) is 18.3 Å². The number of halogens is 2. The van der Waals surface area contributed by atoms with Crippen molar-refractivity contribution in [3.8, 4) is 17.6 Å². The van der Waals surface area contributed by atoms with E-state index in [-0.39, 0.29) is 0 Å². The van der Waals surface area contributed by atoms with Crippen molar-refractivity contribution in [1.29, 1.82) is 5.26 Å². The lowest BCUT2D eigenvalue weighted by atomic mass is 10.2. The number of nitriles is 1. The lowest BCUT2D eigenvalue weighted by molar-refractivity contribution is 0.476. The molecule has 0 fully saturated rings. The number of nitrogens with zero attached hydrogens (tertiary/aromatic N) is 1. The van der Waals surface area contributed by atoms with Gasteiger partial charge in [0.05, 0.1) is 20.6 Å². The van der Waals surface area contributed by atoms with Gasteiger partial charge in [-0.15, -0.1) is 0 Å². The lowest BCUT2D eigenvalue weighted by Gasteiger charge is -2.10. The zero-order valence-corrected chi connectivity index (χ0v) is 12.7. The van der Waals surface area contributed by atoms with E-state index in [0.29, 0.717) is 11.3 Å². The Bertz CT molecular complexity index is 632. The molecule has 2 nitrogen and oxygen atoms in total. The second-order valence-corrected chi connectivity index (χ2v) is 5.50. The van der Waals surface area contributed by atoms with Gasteiger partial charge in [0.2, 0.25) is 0 Å². The molecule has 0 atom stereocenters. The van der Waals surface area contributed by atoms with E-state index in [9.17, 15) is 0 Å². The minimum Gasteiger partial charge on any atom is -0.455 e. The Morgan fingerprint density at radius 3 is 2.17 bits per heavy atom. The molecule has 0 saturated carbocycles. The predicted octanol–water partition coefficient (Wildman–Crippen LogP) is 5.18. The summed E-state index contributed by atoms with van der Waals surface area (Å²) < 4.78 is 7.45. The van der Waals surface area contributed by atoms with E-state index in [1.54, 1.807) is 18.2 Å². The summed E-state index contributed by atoms with van der Waals surface area (Å²) in [5, 5.41) is 8.80. The summed E-state index contributed by atoms with van der Waals surface area (Å²) in [5.41, 5.74) is 1.75.